The number of thioether (sulfide) groups is 2. The molecular formula is C20H31N5O6S2. The van der Waals surface area contributed by atoms with Crippen molar-refractivity contribution in [3.8, 4) is 0 Å². The Balaban J connectivity index is 0.000000186. The molecule has 0 bridgehead atoms. The number of rotatable bonds is 10. The van der Waals surface area contributed by atoms with Crippen LogP contribution in [0.4, 0.5) is 9.59 Å². The molecule has 4 aliphatic heterocycles. The van der Waals surface area contributed by atoms with Crippen LogP contribution < -0.4 is 21.3 Å². The van der Waals surface area contributed by atoms with Crippen molar-refractivity contribution < 1.29 is 29.4 Å². The second kappa shape index (κ2) is 11.8. The first-order chi connectivity index (χ1) is 15.7. The van der Waals surface area contributed by atoms with Crippen molar-refractivity contribution in [1.82, 2.24) is 21.3 Å². The molecule has 33 heavy (non-hydrogen) atoms. The van der Waals surface area contributed by atoms with Crippen LogP contribution in [0.3, 0.4) is 0 Å². The molecule has 0 saturated carbocycles. The predicted molar refractivity (Wildman–Crippen MR) is 126 cm³/mol. The zero-order chi connectivity index (χ0) is 24.0. The lowest BCUT2D eigenvalue weighted by Gasteiger charge is -2.16. The van der Waals surface area contributed by atoms with E-state index in [-0.39, 0.29) is 48.4 Å². The Labute approximate surface area is 200 Å². The highest BCUT2D eigenvalue weighted by Gasteiger charge is 2.43. The number of unbranched alkanes of at least 4 members (excludes halogenated alkanes) is 1. The van der Waals surface area contributed by atoms with Gasteiger partial charge < -0.3 is 31.5 Å². The van der Waals surface area contributed by atoms with Crippen molar-refractivity contribution in [2.45, 2.75) is 79.6 Å². The number of nitrogens with one attached hydrogen (secondary N) is 5. The van der Waals surface area contributed by atoms with E-state index in [1.807, 2.05) is 11.8 Å². The summed E-state index contributed by atoms with van der Waals surface area (Å²) in [6, 6.07) is 0.696. The smallest absolute Gasteiger partial charge is 0.349 e. The third-order valence-corrected chi connectivity index (χ3v) is 9.20. The first-order valence-corrected chi connectivity index (χ1v) is 13.2. The number of carbonyl (C=O) groups excluding carboxylic acids is 2. The van der Waals surface area contributed by atoms with Crippen molar-refractivity contribution in [1.29, 1.82) is 5.41 Å². The fourth-order valence-corrected chi connectivity index (χ4v) is 7.58. The Morgan fingerprint density at radius 3 is 1.82 bits per heavy atom. The first kappa shape index (κ1) is 25.5. The average Bonchev–Trinajstić information content (AvgIpc) is 3.48. The van der Waals surface area contributed by atoms with Crippen molar-refractivity contribution >= 4 is 53.2 Å². The Bertz CT molecular complexity index is 784. The van der Waals surface area contributed by atoms with Crippen LogP contribution in [0.15, 0.2) is 0 Å². The van der Waals surface area contributed by atoms with Gasteiger partial charge in [-0.05, 0) is 32.1 Å². The second-order valence-corrected chi connectivity index (χ2v) is 11.1. The number of hydrogen-bond donors (Lipinski definition) is 7. The minimum Gasteiger partial charge on any atom is -0.481 e. The fourth-order valence-electron chi connectivity index (χ4n) is 4.49. The zero-order valence-electron chi connectivity index (χ0n) is 18.2. The quantitative estimate of drug-likeness (QED) is 0.132. The molecule has 0 aromatic heterocycles. The Morgan fingerprint density at radius 1 is 0.818 bits per heavy atom. The molecule has 11 nitrogen and oxygen atoms in total. The van der Waals surface area contributed by atoms with Gasteiger partial charge in [0.2, 0.25) is 0 Å². The molecular weight excluding hydrogens is 470 g/mol. The highest BCUT2D eigenvalue weighted by molar-refractivity contribution is 8.00. The highest BCUT2D eigenvalue weighted by Crippen LogP contribution is 2.34. The molecule has 0 aromatic carbocycles. The molecule has 4 rings (SSSR count). The molecule has 4 aliphatic rings. The molecule has 7 N–H and O–H groups in total. The molecule has 184 valence electrons. The van der Waals surface area contributed by atoms with Crippen LogP contribution in [0.25, 0.3) is 0 Å². The summed E-state index contributed by atoms with van der Waals surface area (Å²) < 4.78 is 0. The highest BCUT2D eigenvalue weighted by atomic mass is 32.2. The second-order valence-electron chi connectivity index (χ2n) is 8.56. The van der Waals surface area contributed by atoms with E-state index in [4.69, 9.17) is 15.6 Å². The van der Waals surface area contributed by atoms with E-state index in [9.17, 15) is 19.2 Å². The predicted octanol–water partition coefficient (Wildman–Crippen LogP) is 1.22. The van der Waals surface area contributed by atoms with Crippen molar-refractivity contribution in [2.24, 2.45) is 0 Å². The van der Waals surface area contributed by atoms with Gasteiger partial charge in [0.25, 0.3) is 0 Å². The van der Waals surface area contributed by atoms with E-state index in [1.54, 1.807) is 11.8 Å². The summed E-state index contributed by atoms with van der Waals surface area (Å²) in [5, 5.41) is 36.6. The topological polar surface area (TPSA) is 181 Å². The van der Waals surface area contributed by atoms with Gasteiger partial charge >= 0.3 is 24.0 Å². The summed E-state index contributed by atoms with van der Waals surface area (Å²) in [6.07, 6.45) is 4.70. The van der Waals surface area contributed by atoms with Crippen LogP contribution >= 0.6 is 23.5 Å². The molecule has 13 heteroatoms. The number of urea groups is 2. The normalized spacial score (nSPS) is 31.3. The fraction of sp³-hybridized carbons (Fsp3) is 0.750. The number of carbonyl (C=O) groups is 4. The van der Waals surface area contributed by atoms with Crippen LogP contribution in [-0.4, -0.2) is 86.1 Å². The summed E-state index contributed by atoms with van der Waals surface area (Å²) in [5.41, 5.74) is -0.238. The van der Waals surface area contributed by atoms with E-state index in [0.717, 1.165) is 37.2 Å². The standard InChI is InChI=1S/C10H15N3O3S.C10H16N2O3S/c11-5(9(14)15)2-1-3-7-8-6(4-17-7)12-10(16)13-8;13-8(14)4-2-1-3-7-9-6(5-16-7)11-10(15)12-9/h6-8,11H,1-4H2,(H,14,15)(H2,12,13,16);6-7,9H,1-5H2,(H,13,14)(H2,11,12,15)/t6-,7-,8-;6-,7-,9-/m00/s1. The average molecular weight is 502 g/mol. The first-order valence-electron chi connectivity index (χ1n) is 11.1. The monoisotopic (exact) mass is 501 g/mol. The minimum absolute atomic E-state index is 0.0640. The van der Waals surface area contributed by atoms with E-state index < -0.39 is 11.9 Å². The Morgan fingerprint density at radius 2 is 1.33 bits per heavy atom. The molecule has 0 radical (unpaired) electrons. The van der Waals surface area contributed by atoms with Crippen LogP contribution in [0.2, 0.25) is 0 Å². The summed E-state index contributed by atoms with van der Waals surface area (Å²) in [6.45, 7) is 0. The zero-order valence-corrected chi connectivity index (χ0v) is 19.8. The van der Waals surface area contributed by atoms with Gasteiger partial charge in [0, 0.05) is 28.4 Å². The number of hydrogen-bond acceptors (Lipinski definition) is 7. The molecule has 0 aliphatic carbocycles. The summed E-state index contributed by atoms with van der Waals surface area (Å²) in [5.74, 6) is 0.00264. The van der Waals surface area contributed by atoms with Crippen molar-refractivity contribution in [3.05, 3.63) is 0 Å². The maximum absolute atomic E-state index is 11.1. The van der Waals surface area contributed by atoms with Gasteiger partial charge in [0.1, 0.15) is 5.71 Å². The third kappa shape index (κ3) is 7.16. The van der Waals surface area contributed by atoms with Crippen LogP contribution in [-0.2, 0) is 9.59 Å². The number of carboxylic acid groups (broad SMARTS) is 2. The van der Waals surface area contributed by atoms with Gasteiger partial charge in [-0.25, -0.2) is 14.4 Å². The molecule has 0 aromatic rings. The number of aliphatic carboxylic acids is 2. The molecule has 6 atom stereocenters. The molecule has 4 heterocycles. The van der Waals surface area contributed by atoms with Crippen molar-refractivity contribution in [3.63, 3.8) is 0 Å². The van der Waals surface area contributed by atoms with E-state index >= 15 is 0 Å². The van der Waals surface area contributed by atoms with Gasteiger partial charge in [0.05, 0.1) is 24.2 Å². The minimum atomic E-state index is -1.14. The molecule has 4 fully saturated rings. The Kier molecular flexibility index (Phi) is 9.12. The maximum Gasteiger partial charge on any atom is 0.349 e. The van der Waals surface area contributed by atoms with Gasteiger partial charge in [0.15, 0.2) is 0 Å². The van der Waals surface area contributed by atoms with Gasteiger partial charge in [-0.3, -0.25) is 10.2 Å². The molecule has 0 spiro atoms. The third-order valence-electron chi connectivity index (χ3n) is 6.18. The lowest BCUT2D eigenvalue weighted by Crippen LogP contribution is -2.36. The van der Waals surface area contributed by atoms with Gasteiger partial charge in [-0.2, -0.15) is 23.5 Å². The van der Waals surface area contributed by atoms with Crippen LogP contribution in [0, 0.1) is 5.41 Å². The van der Waals surface area contributed by atoms with E-state index in [1.165, 1.54) is 0 Å². The number of amides is 4. The lowest BCUT2D eigenvalue weighted by molar-refractivity contribution is -0.137. The van der Waals surface area contributed by atoms with Gasteiger partial charge in [-0.1, -0.05) is 6.42 Å². The summed E-state index contributed by atoms with van der Waals surface area (Å²) >= 11 is 3.67. The summed E-state index contributed by atoms with van der Waals surface area (Å²) in [7, 11) is 0. The SMILES string of the molecule is N=C(CCC[C@@H]1SC[C@@H]2NC(=O)N[C@@H]21)C(=O)O.O=C(O)CCCC[C@@H]1SC[C@@H]2NC(=O)N[C@@H]21. The molecule has 4 saturated heterocycles. The van der Waals surface area contributed by atoms with E-state index in [2.05, 4.69) is 21.3 Å². The van der Waals surface area contributed by atoms with Gasteiger partial charge in [-0.15, -0.1) is 0 Å². The van der Waals surface area contributed by atoms with Crippen molar-refractivity contribution in [2.75, 3.05) is 11.5 Å². The van der Waals surface area contributed by atoms with E-state index in [0.29, 0.717) is 23.3 Å². The van der Waals surface area contributed by atoms with Crippen LogP contribution in [0.1, 0.15) is 44.9 Å². The number of fused-ring (bicyclic) bond motifs is 2. The lowest BCUT2D eigenvalue weighted by atomic mass is 10.0. The Hall–Kier alpha value is -2.15. The van der Waals surface area contributed by atoms with Crippen LogP contribution in [0.5, 0.6) is 0 Å². The molecule has 4 amide bonds. The summed E-state index contributed by atoms with van der Waals surface area (Å²) in [4.78, 5) is 43.0. The maximum atomic E-state index is 11.1. The molecule has 0 unspecified atom stereocenters. The number of carboxylic acids is 2. The largest absolute Gasteiger partial charge is 0.481 e.